The maximum Gasteiger partial charge on any atom is 0.253 e. The second-order valence-corrected chi connectivity index (χ2v) is 24.0. The Hall–Kier alpha value is -6.68. The molecule has 7 fully saturated rings. The van der Waals surface area contributed by atoms with E-state index in [1.807, 2.05) is 35.5 Å². The second-order valence-electron chi connectivity index (χ2n) is 24.0. The van der Waals surface area contributed by atoms with Gasteiger partial charge in [0.25, 0.3) is 5.91 Å². The molecule has 5 saturated heterocycles. The number of fused-ring (bicyclic) bond motifs is 3. The summed E-state index contributed by atoms with van der Waals surface area (Å²) in [6, 6.07) is 22.1. The summed E-state index contributed by atoms with van der Waals surface area (Å²) in [4.78, 5) is 93.1. The van der Waals surface area contributed by atoms with Gasteiger partial charge >= 0.3 is 0 Å². The third-order valence-electron chi connectivity index (χ3n) is 19.0. The van der Waals surface area contributed by atoms with Gasteiger partial charge in [0.15, 0.2) is 5.82 Å². The first-order valence-electron chi connectivity index (χ1n) is 29.1. The van der Waals surface area contributed by atoms with Gasteiger partial charge in [-0.15, -0.1) is 0 Å². The number of aromatic nitrogens is 4. The van der Waals surface area contributed by atoms with Crippen LogP contribution in [0.5, 0.6) is 0 Å². The normalized spacial score (nSPS) is 24.4. The van der Waals surface area contributed by atoms with E-state index in [9.17, 15) is 19.2 Å². The number of imidazole rings is 1. The summed E-state index contributed by atoms with van der Waals surface area (Å²) in [5.41, 5.74) is 7.91. The molecule has 8 aliphatic rings. The number of carbonyl (C=O) groups excluding carboxylic acids is 5. The topological polar surface area (TPSA) is 169 Å². The van der Waals surface area contributed by atoms with Crippen LogP contribution in [0, 0.1) is 5.92 Å². The molecule has 5 aromatic rings. The van der Waals surface area contributed by atoms with Gasteiger partial charge in [-0.2, -0.15) is 0 Å². The summed E-state index contributed by atoms with van der Waals surface area (Å²) in [7, 11) is 0. The minimum atomic E-state index is -0.683. The number of hydrogen-bond donors (Lipinski definition) is 2. The highest BCUT2D eigenvalue weighted by Crippen LogP contribution is 2.52. The van der Waals surface area contributed by atoms with E-state index in [-0.39, 0.29) is 53.5 Å². The molecule has 77 heavy (non-hydrogen) atoms. The molecule has 5 amide bonds. The van der Waals surface area contributed by atoms with Crippen LogP contribution < -0.4 is 20.4 Å². The van der Waals surface area contributed by atoms with Gasteiger partial charge in [0, 0.05) is 98.8 Å². The third-order valence-corrected chi connectivity index (χ3v) is 19.0. The first-order chi connectivity index (χ1) is 37.5. The van der Waals surface area contributed by atoms with E-state index < -0.39 is 5.41 Å². The highest BCUT2D eigenvalue weighted by Gasteiger charge is 2.56. The fraction of sp³-hybridized carbons (Fsp3) is 0.541. The average molecular weight is 1040 g/mol. The van der Waals surface area contributed by atoms with Crippen molar-refractivity contribution in [3.8, 4) is 11.3 Å². The minimum absolute atomic E-state index is 0.0103. The lowest BCUT2D eigenvalue weighted by molar-refractivity contribution is -0.137. The summed E-state index contributed by atoms with van der Waals surface area (Å²) in [5, 5.41) is 6.14. The zero-order valence-corrected chi connectivity index (χ0v) is 44.8. The van der Waals surface area contributed by atoms with E-state index in [0.29, 0.717) is 62.3 Å². The molecule has 16 nitrogen and oxygen atoms in total. The maximum absolute atomic E-state index is 15.3. The van der Waals surface area contributed by atoms with Gasteiger partial charge < -0.3 is 34.4 Å². The zero-order chi connectivity index (χ0) is 52.5. The zero-order valence-electron chi connectivity index (χ0n) is 44.8. The summed E-state index contributed by atoms with van der Waals surface area (Å²) >= 11 is 0. The van der Waals surface area contributed by atoms with E-state index in [1.165, 1.54) is 24.8 Å². The van der Waals surface area contributed by atoms with Gasteiger partial charge in [0.1, 0.15) is 11.3 Å². The lowest BCUT2D eigenvalue weighted by atomic mass is 9.73. The molecule has 6 aliphatic heterocycles. The summed E-state index contributed by atoms with van der Waals surface area (Å²) in [6.07, 6.45) is 17.1. The van der Waals surface area contributed by atoms with Crippen molar-refractivity contribution >= 4 is 57.9 Å². The van der Waals surface area contributed by atoms with Crippen molar-refractivity contribution < 1.29 is 24.0 Å². The number of pyridine rings is 2. The molecule has 3 aromatic heterocycles. The maximum atomic E-state index is 15.3. The SMILES string of the molecule is CC(C)n1cnc2cc(-c3ccc4c(c3)N(C3CC(N5CCCCC5)C3)C(=O)C43CCN(C(=O)c4ccc(C5CCN(C(=O)C6CCN(c7ccc([C@H]8CCC(=O)NC8=O)cn7)CC6)CC5)cc4)CC3)nc(NC3CC3)c21. The van der Waals surface area contributed by atoms with Crippen LogP contribution in [0.15, 0.2) is 73.2 Å². The number of anilines is 3. The molecule has 1 atom stereocenters. The number of nitrogens with one attached hydrogen (secondary N) is 2. The molecule has 13 rings (SSSR count). The Morgan fingerprint density at radius 3 is 2.17 bits per heavy atom. The smallest absolute Gasteiger partial charge is 0.253 e. The van der Waals surface area contributed by atoms with Crippen LogP contribution in [0.2, 0.25) is 0 Å². The van der Waals surface area contributed by atoms with Gasteiger partial charge in [0.2, 0.25) is 23.6 Å². The van der Waals surface area contributed by atoms with Crippen molar-refractivity contribution in [1.29, 1.82) is 0 Å². The monoisotopic (exact) mass is 1040 g/mol. The van der Waals surface area contributed by atoms with Crippen molar-refractivity contribution in [2.45, 2.75) is 152 Å². The fourth-order valence-electron chi connectivity index (χ4n) is 14.1. The number of likely N-dealkylation sites (tertiary alicyclic amines) is 3. The standard InChI is InChI=1S/C61H73N11O5/c1-38(2)71-37-63-51-35-50(65-56(55(51)71)64-45-12-13-45)43-10-15-49-52(32-43)72(47-33-46(34-47)67-24-4-3-5-25-67)60(77)61(49)22-30-70(31-23-61)58(75)41-8-6-39(7-9-41)40-18-28-69(29-19-40)59(76)42-20-26-68(27-21-42)53-16-11-44(36-62-53)48-14-17-54(73)66-57(48)74/h6-11,15-16,32,35-38,40,42,45-48H,3-5,12-14,17-31,33-34H2,1-2H3,(H,64,65)(H,66,73,74)/t46?,47?,48-/m1/s1. The van der Waals surface area contributed by atoms with Crippen LogP contribution in [0.3, 0.4) is 0 Å². The molecule has 2 aromatic carbocycles. The van der Waals surface area contributed by atoms with Crippen molar-refractivity contribution in [1.82, 2.24) is 39.5 Å². The first-order valence-corrected chi connectivity index (χ1v) is 29.1. The van der Waals surface area contributed by atoms with Gasteiger partial charge in [-0.05, 0) is 163 Å². The van der Waals surface area contributed by atoms with E-state index in [2.05, 4.69) is 90.0 Å². The van der Waals surface area contributed by atoms with Gasteiger partial charge in [0.05, 0.1) is 28.9 Å². The number of carbonyl (C=O) groups is 5. The summed E-state index contributed by atoms with van der Waals surface area (Å²) < 4.78 is 2.20. The molecule has 2 N–H and O–H groups in total. The Morgan fingerprint density at radius 1 is 0.740 bits per heavy atom. The number of rotatable bonds is 11. The predicted octanol–water partition coefficient (Wildman–Crippen LogP) is 8.33. The molecule has 9 heterocycles. The number of nitrogens with zero attached hydrogens (tertiary/aromatic N) is 9. The van der Waals surface area contributed by atoms with E-state index in [1.54, 1.807) is 6.20 Å². The number of imide groups is 1. The molecular formula is C61H73N11O5. The molecule has 2 aliphatic carbocycles. The Bertz CT molecular complexity index is 3080. The van der Waals surface area contributed by atoms with Crippen molar-refractivity contribution in [3.05, 3.63) is 95.4 Å². The Labute approximate surface area is 451 Å². The molecule has 0 unspecified atom stereocenters. The summed E-state index contributed by atoms with van der Waals surface area (Å²) in [5.74, 6) is 1.64. The molecule has 402 valence electrons. The Kier molecular flexibility index (Phi) is 13.1. The molecule has 0 bridgehead atoms. The number of piperidine rings is 5. The number of benzene rings is 2. The van der Waals surface area contributed by atoms with Crippen LogP contribution >= 0.6 is 0 Å². The average Bonchev–Trinajstić information content (AvgIpc) is 4.33. The number of amides is 5. The Morgan fingerprint density at radius 2 is 1.48 bits per heavy atom. The quantitative estimate of drug-likeness (QED) is 0.122. The first kappa shape index (κ1) is 49.9. The largest absolute Gasteiger partial charge is 0.366 e. The minimum Gasteiger partial charge on any atom is -0.366 e. The highest BCUT2D eigenvalue weighted by molar-refractivity contribution is 6.10. The van der Waals surface area contributed by atoms with Crippen LogP contribution in [-0.2, 0) is 24.6 Å². The van der Waals surface area contributed by atoms with E-state index in [0.717, 1.165) is 141 Å². The second kappa shape index (κ2) is 20.3. The van der Waals surface area contributed by atoms with Gasteiger partial charge in [-0.25, -0.2) is 15.0 Å². The molecule has 16 heteroatoms. The van der Waals surface area contributed by atoms with Crippen LogP contribution in [-0.4, -0.2) is 134 Å². The number of hydrogen-bond acceptors (Lipinski definition) is 11. The third kappa shape index (κ3) is 9.35. The van der Waals surface area contributed by atoms with Crippen LogP contribution in [0.1, 0.15) is 155 Å². The fourth-order valence-corrected chi connectivity index (χ4v) is 14.1. The molecule has 2 saturated carbocycles. The Balaban J connectivity index is 0.642. The van der Waals surface area contributed by atoms with Crippen molar-refractivity contribution in [3.63, 3.8) is 0 Å². The van der Waals surface area contributed by atoms with Gasteiger partial charge in [-0.1, -0.05) is 36.8 Å². The van der Waals surface area contributed by atoms with Crippen molar-refractivity contribution in [2.75, 3.05) is 67.5 Å². The lowest BCUT2D eigenvalue weighted by Gasteiger charge is -2.48. The van der Waals surface area contributed by atoms with Gasteiger partial charge in [-0.3, -0.25) is 29.3 Å². The van der Waals surface area contributed by atoms with E-state index in [4.69, 9.17) is 9.97 Å². The van der Waals surface area contributed by atoms with Crippen LogP contribution in [0.25, 0.3) is 22.3 Å². The predicted molar refractivity (Wildman–Crippen MR) is 296 cm³/mol. The van der Waals surface area contributed by atoms with Crippen LogP contribution in [0.4, 0.5) is 17.3 Å². The van der Waals surface area contributed by atoms with Crippen molar-refractivity contribution in [2.24, 2.45) is 5.92 Å². The van der Waals surface area contributed by atoms with E-state index >= 15 is 4.79 Å². The summed E-state index contributed by atoms with van der Waals surface area (Å²) in [6.45, 7) is 10.6. The lowest BCUT2D eigenvalue weighted by Crippen LogP contribution is -2.58. The highest BCUT2D eigenvalue weighted by atomic mass is 16.2. The molecular weight excluding hydrogens is 967 g/mol. The molecule has 0 radical (unpaired) electrons. The molecule has 1 spiro atoms.